The van der Waals surface area contributed by atoms with Gasteiger partial charge in [-0.2, -0.15) is 0 Å². The van der Waals surface area contributed by atoms with E-state index >= 15 is 0 Å². The molecule has 2 saturated carbocycles. The molecule has 2 fully saturated rings. The number of rotatable bonds is 1. The topological polar surface area (TPSA) is 43.4 Å². The Kier molecular flexibility index (Phi) is 3.36. The van der Waals surface area contributed by atoms with Crippen molar-refractivity contribution >= 4 is 11.8 Å². The highest BCUT2D eigenvalue weighted by Gasteiger charge is 2.54. The molecule has 0 unspecified atom stereocenters. The van der Waals surface area contributed by atoms with E-state index in [0.717, 1.165) is 38.5 Å². The molecule has 0 heterocycles. The van der Waals surface area contributed by atoms with E-state index in [1.54, 1.807) is 0 Å². The number of carbonyl (C=O) groups is 2. The fourth-order valence-electron chi connectivity index (χ4n) is 5.56. The summed E-state index contributed by atoms with van der Waals surface area (Å²) in [6, 6.07) is 6.13. The number of ether oxygens (including phenoxy) is 1. The lowest BCUT2D eigenvalue weighted by atomic mass is 9.55. The predicted octanol–water partition coefficient (Wildman–Crippen LogP) is 4.04. The highest BCUT2D eigenvalue weighted by Crippen LogP contribution is 2.59. The van der Waals surface area contributed by atoms with E-state index < -0.39 is 0 Å². The van der Waals surface area contributed by atoms with Gasteiger partial charge < -0.3 is 4.74 Å². The van der Waals surface area contributed by atoms with Crippen LogP contribution in [0.5, 0.6) is 5.75 Å². The molecule has 0 radical (unpaired) electrons. The first kappa shape index (κ1) is 14.9. The summed E-state index contributed by atoms with van der Waals surface area (Å²) in [5, 5.41) is 0. The number of benzene rings is 1. The van der Waals surface area contributed by atoms with Crippen LogP contribution in [0.3, 0.4) is 0 Å². The maximum absolute atomic E-state index is 12.3. The van der Waals surface area contributed by atoms with Crippen LogP contribution in [-0.4, -0.2) is 11.8 Å². The van der Waals surface area contributed by atoms with Crippen molar-refractivity contribution in [2.45, 2.75) is 58.3 Å². The number of Topliss-reactive ketones (excluding diaryl/α,β-unsaturated/α-hetero) is 1. The Morgan fingerprint density at radius 3 is 2.83 bits per heavy atom. The van der Waals surface area contributed by atoms with Crippen LogP contribution in [0.2, 0.25) is 0 Å². The molecule has 3 aliphatic rings. The van der Waals surface area contributed by atoms with E-state index in [4.69, 9.17) is 4.74 Å². The first-order chi connectivity index (χ1) is 11.0. The summed E-state index contributed by atoms with van der Waals surface area (Å²) in [5.41, 5.74) is 2.70. The van der Waals surface area contributed by atoms with E-state index in [1.807, 2.05) is 12.1 Å². The van der Waals surface area contributed by atoms with Crippen LogP contribution in [-0.2, 0) is 16.0 Å². The molecule has 4 rings (SSSR count). The van der Waals surface area contributed by atoms with Gasteiger partial charge in [0.15, 0.2) is 0 Å². The number of esters is 1. The molecule has 3 nitrogen and oxygen atoms in total. The largest absolute Gasteiger partial charge is 0.427 e. The van der Waals surface area contributed by atoms with Gasteiger partial charge in [-0.3, -0.25) is 9.59 Å². The zero-order chi connectivity index (χ0) is 16.2. The fraction of sp³-hybridized carbons (Fsp3) is 0.600. The molecule has 3 heteroatoms. The molecule has 0 N–H and O–H groups in total. The van der Waals surface area contributed by atoms with Crippen molar-refractivity contribution in [1.29, 1.82) is 0 Å². The highest BCUT2D eigenvalue weighted by molar-refractivity contribution is 5.87. The first-order valence-electron chi connectivity index (χ1n) is 8.83. The van der Waals surface area contributed by atoms with Crippen LogP contribution in [0.15, 0.2) is 18.2 Å². The molecule has 23 heavy (non-hydrogen) atoms. The van der Waals surface area contributed by atoms with Crippen molar-refractivity contribution in [1.82, 2.24) is 0 Å². The van der Waals surface area contributed by atoms with Crippen molar-refractivity contribution in [3.05, 3.63) is 29.3 Å². The van der Waals surface area contributed by atoms with E-state index in [0.29, 0.717) is 29.3 Å². The third-order valence-electron chi connectivity index (χ3n) is 6.67. The molecule has 0 aromatic heterocycles. The van der Waals surface area contributed by atoms with Gasteiger partial charge >= 0.3 is 5.97 Å². The van der Waals surface area contributed by atoms with Crippen molar-refractivity contribution in [3.63, 3.8) is 0 Å². The summed E-state index contributed by atoms with van der Waals surface area (Å²) in [4.78, 5) is 23.5. The fourth-order valence-corrected chi connectivity index (χ4v) is 5.56. The normalized spacial score (nSPS) is 35.2. The van der Waals surface area contributed by atoms with Gasteiger partial charge in [-0.05, 0) is 73.1 Å². The standard InChI is InChI=1S/C20H24O3/c1-12(21)23-14-4-6-15-13(11-14)3-5-17-16(15)9-10-20(2)18(17)7-8-19(20)22/h4,6,11,16-18H,3,5,7-10H2,1-2H3/t16-,17+,18+,20-/m0/s1. The lowest BCUT2D eigenvalue weighted by Gasteiger charge is -2.48. The molecule has 0 saturated heterocycles. The molecule has 3 aliphatic carbocycles. The van der Waals surface area contributed by atoms with Crippen LogP contribution in [0.25, 0.3) is 0 Å². The van der Waals surface area contributed by atoms with Crippen LogP contribution in [0.1, 0.15) is 63.0 Å². The number of fused-ring (bicyclic) bond motifs is 5. The van der Waals surface area contributed by atoms with Crippen molar-refractivity contribution < 1.29 is 14.3 Å². The SMILES string of the molecule is CC(=O)Oc1ccc2c(c1)CC[C@H]1[C@H]3CCC(=O)[C@@]3(C)CC[C@@H]21. The van der Waals surface area contributed by atoms with Crippen molar-refractivity contribution in [2.75, 3.05) is 0 Å². The molecule has 122 valence electrons. The minimum absolute atomic E-state index is 0.0592. The lowest BCUT2D eigenvalue weighted by Crippen LogP contribution is -2.42. The Balaban J connectivity index is 1.65. The van der Waals surface area contributed by atoms with Gasteiger partial charge in [0, 0.05) is 18.8 Å². The minimum Gasteiger partial charge on any atom is -0.427 e. The quantitative estimate of drug-likeness (QED) is 0.580. The Labute approximate surface area is 137 Å². The van der Waals surface area contributed by atoms with Crippen LogP contribution in [0.4, 0.5) is 0 Å². The molecular formula is C20H24O3. The Morgan fingerprint density at radius 2 is 2.04 bits per heavy atom. The number of aryl methyl sites for hydroxylation is 1. The maximum atomic E-state index is 12.3. The smallest absolute Gasteiger partial charge is 0.308 e. The predicted molar refractivity (Wildman–Crippen MR) is 87.4 cm³/mol. The highest BCUT2D eigenvalue weighted by atomic mass is 16.5. The summed E-state index contributed by atoms with van der Waals surface area (Å²) in [6.07, 6.45) is 6.20. The maximum Gasteiger partial charge on any atom is 0.308 e. The first-order valence-corrected chi connectivity index (χ1v) is 8.83. The van der Waals surface area contributed by atoms with Gasteiger partial charge in [-0.15, -0.1) is 0 Å². The Morgan fingerprint density at radius 1 is 1.22 bits per heavy atom. The molecule has 0 spiro atoms. The molecule has 1 aromatic carbocycles. The number of hydrogen-bond donors (Lipinski definition) is 0. The third kappa shape index (κ3) is 2.24. The molecule has 0 bridgehead atoms. The second kappa shape index (κ2) is 5.19. The van der Waals surface area contributed by atoms with Gasteiger partial charge in [-0.25, -0.2) is 0 Å². The summed E-state index contributed by atoms with van der Waals surface area (Å²) in [7, 11) is 0. The van der Waals surface area contributed by atoms with Gasteiger partial charge in [0.05, 0.1) is 0 Å². The van der Waals surface area contributed by atoms with Crippen LogP contribution >= 0.6 is 0 Å². The van der Waals surface area contributed by atoms with Crippen molar-refractivity contribution in [3.8, 4) is 5.75 Å². The Hall–Kier alpha value is -1.64. The molecule has 1 aromatic rings. The number of hydrogen-bond acceptors (Lipinski definition) is 3. The van der Waals surface area contributed by atoms with Crippen molar-refractivity contribution in [2.24, 2.45) is 17.3 Å². The van der Waals surface area contributed by atoms with Crippen LogP contribution in [0, 0.1) is 17.3 Å². The second-order valence-corrected chi connectivity index (χ2v) is 7.79. The average molecular weight is 312 g/mol. The third-order valence-corrected chi connectivity index (χ3v) is 6.67. The second-order valence-electron chi connectivity index (χ2n) is 7.79. The summed E-state index contributed by atoms with van der Waals surface area (Å²) in [5.74, 6) is 2.68. The van der Waals surface area contributed by atoms with Gasteiger partial charge in [0.1, 0.15) is 11.5 Å². The zero-order valence-corrected chi connectivity index (χ0v) is 13.9. The Bertz CT molecular complexity index is 677. The van der Waals surface area contributed by atoms with E-state index in [-0.39, 0.29) is 11.4 Å². The monoisotopic (exact) mass is 312 g/mol. The number of ketones is 1. The van der Waals surface area contributed by atoms with Gasteiger partial charge in [-0.1, -0.05) is 13.0 Å². The van der Waals surface area contributed by atoms with Gasteiger partial charge in [0.25, 0.3) is 0 Å². The molecule has 0 aliphatic heterocycles. The lowest BCUT2D eigenvalue weighted by molar-refractivity contribution is -0.132. The van der Waals surface area contributed by atoms with Gasteiger partial charge in [0.2, 0.25) is 0 Å². The number of carbonyl (C=O) groups excluding carboxylic acids is 2. The zero-order valence-electron chi connectivity index (χ0n) is 13.9. The summed E-state index contributed by atoms with van der Waals surface area (Å²) < 4.78 is 5.23. The molecule has 0 amide bonds. The molecular weight excluding hydrogens is 288 g/mol. The van der Waals surface area contributed by atoms with E-state index in [1.165, 1.54) is 18.1 Å². The average Bonchev–Trinajstić information content (AvgIpc) is 2.82. The van der Waals surface area contributed by atoms with E-state index in [9.17, 15) is 9.59 Å². The van der Waals surface area contributed by atoms with E-state index in [2.05, 4.69) is 13.0 Å². The molecule has 4 atom stereocenters. The summed E-state index contributed by atoms with van der Waals surface area (Å²) >= 11 is 0. The summed E-state index contributed by atoms with van der Waals surface area (Å²) in [6.45, 7) is 3.65. The van der Waals surface area contributed by atoms with Crippen LogP contribution < -0.4 is 4.74 Å². The minimum atomic E-state index is -0.267.